The zero-order valence-electron chi connectivity index (χ0n) is 18.0. The monoisotopic (exact) mass is 443 g/mol. The Hall–Kier alpha value is -4.27. The number of ether oxygens (including phenoxy) is 1. The number of methoxy groups -OCH3 is 1. The number of fused-ring (bicyclic) bond motifs is 1. The second-order valence-corrected chi connectivity index (χ2v) is 7.55. The van der Waals surface area contributed by atoms with Gasteiger partial charge in [0.1, 0.15) is 11.6 Å². The summed E-state index contributed by atoms with van der Waals surface area (Å²) in [5.41, 5.74) is 1.18. The molecule has 9 heteroatoms. The maximum Gasteiger partial charge on any atom is 0.360 e. The number of esters is 1. The summed E-state index contributed by atoms with van der Waals surface area (Å²) in [4.78, 5) is 46.5. The highest BCUT2D eigenvalue weighted by molar-refractivity contribution is 6.14. The highest BCUT2D eigenvalue weighted by atomic mass is 16.5. The number of hydrogen-bond acceptors (Lipinski definition) is 8. The molecule has 0 bridgehead atoms. The Balaban J connectivity index is 1.71. The Morgan fingerprint density at radius 3 is 2.58 bits per heavy atom. The second kappa shape index (κ2) is 9.47. The summed E-state index contributed by atoms with van der Waals surface area (Å²) in [5, 5.41) is 11.0. The maximum atomic E-state index is 13.5. The van der Waals surface area contributed by atoms with Crippen LogP contribution in [0.1, 0.15) is 17.4 Å². The molecular weight excluding hydrogens is 422 g/mol. The smallest absolute Gasteiger partial charge is 0.360 e. The molecule has 2 aromatic rings. The van der Waals surface area contributed by atoms with Crippen LogP contribution in [0.15, 0.2) is 88.5 Å². The van der Waals surface area contributed by atoms with Gasteiger partial charge in [-0.05, 0) is 23.6 Å². The van der Waals surface area contributed by atoms with E-state index in [1.54, 1.807) is 36.4 Å². The summed E-state index contributed by atoms with van der Waals surface area (Å²) >= 11 is 0. The van der Waals surface area contributed by atoms with E-state index in [2.05, 4.69) is 25.5 Å². The fraction of sp³-hybridized carbons (Fsp3) is 0.208. The molecule has 1 heterocycles. The lowest BCUT2D eigenvalue weighted by Crippen LogP contribution is -2.42. The van der Waals surface area contributed by atoms with Gasteiger partial charge in [-0.3, -0.25) is 9.59 Å². The highest BCUT2D eigenvalue weighted by Gasteiger charge is 2.44. The normalized spacial score (nSPS) is 21.8. The quantitative estimate of drug-likeness (QED) is 0.426. The molecule has 4 rings (SSSR count). The number of aromatic nitrogens is 2. The largest absolute Gasteiger partial charge is 0.464 e. The van der Waals surface area contributed by atoms with Gasteiger partial charge in [0.25, 0.3) is 0 Å². The van der Waals surface area contributed by atoms with Gasteiger partial charge >= 0.3 is 5.97 Å². The van der Waals surface area contributed by atoms with Gasteiger partial charge in [0.05, 0.1) is 7.11 Å². The van der Waals surface area contributed by atoms with Gasteiger partial charge in [-0.2, -0.15) is 0 Å². The topological polar surface area (TPSA) is 123 Å². The van der Waals surface area contributed by atoms with E-state index in [9.17, 15) is 14.4 Å². The predicted molar refractivity (Wildman–Crippen MR) is 119 cm³/mol. The number of nitrogens with one attached hydrogen (secondary N) is 1. The molecule has 166 valence electrons. The fourth-order valence-electron chi connectivity index (χ4n) is 3.94. The Bertz CT molecular complexity index is 1220. The summed E-state index contributed by atoms with van der Waals surface area (Å²) in [6.45, 7) is 1.87. The first kappa shape index (κ1) is 21.9. The Kier molecular flexibility index (Phi) is 6.30. The van der Waals surface area contributed by atoms with Crippen molar-refractivity contribution in [3.63, 3.8) is 0 Å². The van der Waals surface area contributed by atoms with Crippen LogP contribution in [0, 0.1) is 17.8 Å². The number of carbonyl (C=O) groups excluding carboxylic acids is 3. The SMILES string of the molecule is COC(=O)c1nccnc1N=NC1=C2C=CC=CC2C(C)C(C(=O)Nc2ccccc2)C1=O. The number of rotatable bonds is 5. The first-order chi connectivity index (χ1) is 16.0. The van der Waals surface area contributed by atoms with Crippen molar-refractivity contribution in [3.05, 3.63) is 84.0 Å². The van der Waals surface area contributed by atoms with Crippen LogP contribution in [-0.2, 0) is 14.3 Å². The molecule has 3 atom stereocenters. The van der Waals surface area contributed by atoms with Gasteiger partial charge in [-0.1, -0.05) is 49.4 Å². The number of allylic oxidation sites excluding steroid dienone is 6. The molecule has 2 aliphatic rings. The molecule has 1 aromatic heterocycles. The average Bonchev–Trinajstić information content (AvgIpc) is 2.84. The Morgan fingerprint density at radius 2 is 1.82 bits per heavy atom. The van der Waals surface area contributed by atoms with Crippen LogP contribution in [0.2, 0.25) is 0 Å². The number of azo groups is 1. The highest BCUT2D eigenvalue weighted by Crippen LogP contribution is 2.41. The van der Waals surface area contributed by atoms with Gasteiger partial charge in [-0.15, -0.1) is 10.2 Å². The molecular formula is C24H21N5O4. The van der Waals surface area contributed by atoms with Crippen molar-refractivity contribution >= 4 is 29.2 Å². The minimum absolute atomic E-state index is 0.0494. The third kappa shape index (κ3) is 4.38. The van der Waals surface area contributed by atoms with Crippen LogP contribution in [0.5, 0.6) is 0 Å². The molecule has 0 fully saturated rings. The zero-order chi connectivity index (χ0) is 23.4. The molecule has 2 aliphatic carbocycles. The van der Waals surface area contributed by atoms with Crippen LogP contribution < -0.4 is 5.32 Å². The molecule has 3 unspecified atom stereocenters. The number of Topliss-reactive ketones (excluding diaryl/α,β-unsaturated/α-hetero) is 1. The van der Waals surface area contributed by atoms with Crippen molar-refractivity contribution in [2.24, 2.45) is 28.0 Å². The zero-order valence-corrected chi connectivity index (χ0v) is 18.0. The van der Waals surface area contributed by atoms with E-state index < -0.39 is 23.6 Å². The first-order valence-corrected chi connectivity index (χ1v) is 10.3. The summed E-state index contributed by atoms with van der Waals surface area (Å²) in [6.07, 6.45) is 10.1. The van der Waals surface area contributed by atoms with Crippen LogP contribution in [0.4, 0.5) is 11.5 Å². The molecule has 1 aromatic carbocycles. The van der Waals surface area contributed by atoms with Gasteiger partial charge in [0.2, 0.25) is 11.7 Å². The van der Waals surface area contributed by atoms with E-state index in [1.165, 1.54) is 19.5 Å². The lowest BCUT2D eigenvalue weighted by atomic mass is 9.69. The van der Waals surface area contributed by atoms with Crippen molar-refractivity contribution in [3.8, 4) is 0 Å². The van der Waals surface area contributed by atoms with Gasteiger partial charge in [0.15, 0.2) is 11.5 Å². The lowest BCUT2D eigenvalue weighted by Gasteiger charge is -2.34. The van der Waals surface area contributed by atoms with E-state index in [1.807, 2.05) is 25.1 Å². The summed E-state index contributed by atoms with van der Waals surface area (Å²) in [7, 11) is 1.22. The molecule has 9 nitrogen and oxygen atoms in total. The third-order valence-electron chi connectivity index (χ3n) is 5.57. The summed E-state index contributed by atoms with van der Waals surface area (Å²) in [6, 6.07) is 8.94. The van der Waals surface area contributed by atoms with Gasteiger partial charge in [-0.25, -0.2) is 14.8 Å². The molecule has 0 spiro atoms. The third-order valence-corrected chi connectivity index (χ3v) is 5.57. The van der Waals surface area contributed by atoms with Crippen LogP contribution in [-0.4, -0.2) is 34.7 Å². The number of benzene rings is 1. The van der Waals surface area contributed by atoms with Gasteiger partial charge in [0, 0.05) is 24.0 Å². The van der Waals surface area contributed by atoms with E-state index in [0.29, 0.717) is 11.3 Å². The fourth-order valence-corrected chi connectivity index (χ4v) is 3.94. The Labute approximate surface area is 190 Å². The Morgan fingerprint density at radius 1 is 1.06 bits per heavy atom. The number of carbonyl (C=O) groups is 3. The maximum absolute atomic E-state index is 13.5. The minimum atomic E-state index is -0.967. The molecule has 0 radical (unpaired) electrons. The molecule has 1 N–H and O–H groups in total. The standard InChI is InChI=1S/C24H21N5O4/c1-14-16-10-6-7-11-17(16)19(28-29-22-20(24(32)33-2)25-12-13-26-22)21(30)18(14)23(31)27-15-8-4-3-5-9-15/h3-14,16,18H,1-2H3,(H,27,31). The predicted octanol–water partition coefficient (Wildman–Crippen LogP) is 3.82. The number of ketones is 1. The average molecular weight is 443 g/mol. The molecule has 33 heavy (non-hydrogen) atoms. The number of anilines is 1. The number of para-hydroxylation sites is 1. The van der Waals surface area contributed by atoms with E-state index in [-0.39, 0.29) is 29.0 Å². The first-order valence-electron chi connectivity index (χ1n) is 10.3. The summed E-state index contributed by atoms with van der Waals surface area (Å²) in [5.74, 6) is -3.13. The van der Waals surface area contributed by atoms with Crippen molar-refractivity contribution in [2.75, 3.05) is 12.4 Å². The molecule has 0 saturated carbocycles. The van der Waals surface area contributed by atoms with E-state index in [4.69, 9.17) is 4.74 Å². The minimum Gasteiger partial charge on any atom is -0.464 e. The molecule has 0 aliphatic heterocycles. The van der Waals surface area contributed by atoms with E-state index in [0.717, 1.165) is 0 Å². The van der Waals surface area contributed by atoms with Crippen LogP contribution in [0.25, 0.3) is 0 Å². The molecule has 1 amide bonds. The number of nitrogens with zero attached hydrogens (tertiary/aromatic N) is 4. The van der Waals surface area contributed by atoms with Crippen molar-refractivity contribution in [1.29, 1.82) is 0 Å². The van der Waals surface area contributed by atoms with Crippen molar-refractivity contribution in [2.45, 2.75) is 6.92 Å². The molecule has 0 saturated heterocycles. The van der Waals surface area contributed by atoms with Gasteiger partial charge < -0.3 is 10.1 Å². The van der Waals surface area contributed by atoms with Crippen LogP contribution >= 0.6 is 0 Å². The second-order valence-electron chi connectivity index (χ2n) is 7.55. The number of hydrogen-bond donors (Lipinski definition) is 1. The summed E-state index contributed by atoms with van der Waals surface area (Å²) < 4.78 is 4.70. The lowest BCUT2D eigenvalue weighted by molar-refractivity contribution is -0.132. The van der Waals surface area contributed by atoms with E-state index >= 15 is 0 Å². The van der Waals surface area contributed by atoms with Crippen LogP contribution in [0.3, 0.4) is 0 Å². The van der Waals surface area contributed by atoms with Crippen molar-refractivity contribution in [1.82, 2.24) is 9.97 Å². The van der Waals surface area contributed by atoms with Crippen molar-refractivity contribution < 1.29 is 19.1 Å². The number of amides is 1.